The van der Waals surface area contributed by atoms with E-state index in [-0.39, 0.29) is 38.0 Å². The second-order valence-corrected chi connectivity index (χ2v) is 14.6. The molecule has 0 bridgehead atoms. The van der Waals surface area contributed by atoms with Crippen LogP contribution in [0.4, 0.5) is 0 Å². The van der Waals surface area contributed by atoms with Crippen molar-refractivity contribution in [1.82, 2.24) is 0 Å². The van der Waals surface area contributed by atoms with Crippen LogP contribution in [-0.2, 0) is 28.6 Å². The third-order valence-corrected chi connectivity index (χ3v) is 9.12. The molecule has 0 saturated heterocycles. The van der Waals surface area contributed by atoms with Gasteiger partial charge >= 0.3 is 17.9 Å². The Balaban J connectivity index is 4.54. The third kappa shape index (κ3) is 43.3. The minimum atomic E-state index is -0.823. The summed E-state index contributed by atoms with van der Waals surface area (Å²) in [5.74, 6) is -1.08. The van der Waals surface area contributed by atoms with E-state index >= 15 is 0 Å². The van der Waals surface area contributed by atoms with Crippen LogP contribution in [0, 0.1) is 0 Å². The van der Waals surface area contributed by atoms with E-state index in [0.29, 0.717) is 6.42 Å². The Morgan fingerprint density at radius 3 is 1.23 bits per heavy atom. The maximum Gasteiger partial charge on any atom is 0.309 e. The van der Waals surface area contributed by atoms with Crippen LogP contribution in [0.15, 0.2) is 97.2 Å². The first-order valence-electron chi connectivity index (χ1n) is 22.7. The molecule has 0 aliphatic carbocycles. The Labute approximate surface area is 349 Å². The maximum absolute atomic E-state index is 12.7. The molecule has 0 aromatic rings. The van der Waals surface area contributed by atoms with Crippen LogP contribution in [0.5, 0.6) is 0 Å². The van der Waals surface area contributed by atoms with E-state index in [1.807, 2.05) is 6.08 Å². The topological polar surface area (TPSA) is 78.9 Å². The quantitative estimate of drug-likeness (QED) is 0.0267. The smallest absolute Gasteiger partial charge is 0.309 e. The summed E-state index contributed by atoms with van der Waals surface area (Å²) < 4.78 is 16.6. The number of unbranched alkanes of at least 4 members (excludes halogenated alkanes) is 13. The molecule has 0 aliphatic rings. The molecular formula is C51H82O6. The van der Waals surface area contributed by atoms with Gasteiger partial charge in [0.05, 0.1) is 6.42 Å². The van der Waals surface area contributed by atoms with Gasteiger partial charge in [-0.1, -0.05) is 189 Å². The van der Waals surface area contributed by atoms with Crippen molar-refractivity contribution in [2.24, 2.45) is 0 Å². The van der Waals surface area contributed by atoms with Crippen LogP contribution in [0.2, 0.25) is 0 Å². The number of rotatable bonds is 39. The Hall–Kier alpha value is -3.67. The van der Waals surface area contributed by atoms with Crippen molar-refractivity contribution >= 4 is 17.9 Å². The molecule has 0 aromatic heterocycles. The van der Waals surface area contributed by atoms with Crippen LogP contribution in [-0.4, -0.2) is 37.2 Å². The van der Waals surface area contributed by atoms with Crippen molar-refractivity contribution in [3.63, 3.8) is 0 Å². The normalized spacial score (nSPS) is 13.0. The number of hydrogen-bond acceptors (Lipinski definition) is 6. The number of ether oxygens (including phenoxy) is 3. The summed E-state index contributed by atoms with van der Waals surface area (Å²) in [4.78, 5) is 37.7. The highest BCUT2D eigenvalue weighted by Crippen LogP contribution is 2.12. The molecule has 57 heavy (non-hydrogen) atoms. The molecule has 322 valence electrons. The molecule has 1 unspecified atom stereocenters. The Bertz CT molecular complexity index is 1180. The van der Waals surface area contributed by atoms with Gasteiger partial charge in [-0.05, 0) is 77.0 Å². The molecule has 0 aliphatic heterocycles. The SMILES string of the molecule is CC/C=C\C/C=C\C/C=C\C/C=C\C/C=C\CC(=O)OCC(COC(=O)CCCCCCCCCCC)OC(=O)CCCCCCC/C=C\C/C=C\C/C=C\CC. The molecule has 0 spiro atoms. The van der Waals surface area contributed by atoms with Gasteiger partial charge in [0.25, 0.3) is 0 Å². The van der Waals surface area contributed by atoms with Gasteiger partial charge < -0.3 is 14.2 Å². The lowest BCUT2D eigenvalue weighted by atomic mass is 10.1. The van der Waals surface area contributed by atoms with Crippen LogP contribution in [0.25, 0.3) is 0 Å². The molecule has 0 rings (SSSR count). The second-order valence-electron chi connectivity index (χ2n) is 14.6. The number of hydrogen-bond donors (Lipinski definition) is 0. The van der Waals surface area contributed by atoms with E-state index in [9.17, 15) is 14.4 Å². The maximum atomic E-state index is 12.7. The highest BCUT2D eigenvalue weighted by Gasteiger charge is 2.19. The average molecular weight is 791 g/mol. The number of carbonyl (C=O) groups is 3. The van der Waals surface area contributed by atoms with Crippen LogP contribution in [0.3, 0.4) is 0 Å². The lowest BCUT2D eigenvalue weighted by molar-refractivity contribution is -0.166. The molecule has 6 heteroatoms. The van der Waals surface area contributed by atoms with Crippen molar-refractivity contribution in [2.75, 3.05) is 13.2 Å². The Morgan fingerprint density at radius 2 is 0.754 bits per heavy atom. The van der Waals surface area contributed by atoms with Gasteiger partial charge in [0, 0.05) is 12.8 Å². The molecule has 0 heterocycles. The summed E-state index contributed by atoms with van der Waals surface area (Å²) in [6.45, 7) is 6.26. The van der Waals surface area contributed by atoms with E-state index in [4.69, 9.17) is 14.2 Å². The second kappa shape index (κ2) is 45.0. The molecule has 0 N–H and O–H groups in total. The molecule has 6 nitrogen and oxygen atoms in total. The zero-order valence-corrected chi connectivity index (χ0v) is 36.6. The molecule has 0 fully saturated rings. The lowest BCUT2D eigenvalue weighted by Gasteiger charge is -2.18. The minimum absolute atomic E-state index is 0.115. The first kappa shape index (κ1) is 53.3. The Kier molecular flexibility index (Phi) is 42.1. The summed E-state index contributed by atoms with van der Waals surface area (Å²) in [5.41, 5.74) is 0. The monoisotopic (exact) mass is 791 g/mol. The van der Waals surface area contributed by atoms with Crippen molar-refractivity contribution in [1.29, 1.82) is 0 Å². The molecule has 0 saturated carbocycles. The number of allylic oxidation sites excluding steroid dienone is 15. The van der Waals surface area contributed by atoms with E-state index < -0.39 is 12.1 Å². The van der Waals surface area contributed by atoms with E-state index in [1.54, 1.807) is 6.08 Å². The van der Waals surface area contributed by atoms with Crippen LogP contribution < -0.4 is 0 Å². The molecule has 1 atom stereocenters. The summed E-state index contributed by atoms with van der Waals surface area (Å²) >= 11 is 0. The highest BCUT2D eigenvalue weighted by atomic mass is 16.6. The number of esters is 3. The van der Waals surface area contributed by atoms with E-state index in [1.165, 1.54) is 38.5 Å². The van der Waals surface area contributed by atoms with Crippen LogP contribution in [0.1, 0.15) is 188 Å². The molecule has 0 amide bonds. The van der Waals surface area contributed by atoms with Crippen molar-refractivity contribution in [3.05, 3.63) is 97.2 Å². The third-order valence-electron chi connectivity index (χ3n) is 9.12. The summed E-state index contributed by atoms with van der Waals surface area (Å²) in [6, 6.07) is 0. The van der Waals surface area contributed by atoms with Gasteiger partial charge in [-0.3, -0.25) is 14.4 Å². The van der Waals surface area contributed by atoms with Crippen molar-refractivity contribution in [2.45, 2.75) is 194 Å². The summed E-state index contributed by atoms with van der Waals surface area (Å²) in [5, 5.41) is 0. The van der Waals surface area contributed by atoms with Crippen molar-refractivity contribution in [3.8, 4) is 0 Å². The fraction of sp³-hybridized carbons (Fsp3) is 0.627. The zero-order valence-electron chi connectivity index (χ0n) is 36.6. The van der Waals surface area contributed by atoms with Gasteiger partial charge in [0.15, 0.2) is 6.10 Å². The average Bonchev–Trinajstić information content (AvgIpc) is 3.21. The molecular weight excluding hydrogens is 709 g/mol. The van der Waals surface area contributed by atoms with Gasteiger partial charge in [0.1, 0.15) is 13.2 Å². The number of carbonyl (C=O) groups excluding carboxylic acids is 3. The Morgan fingerprint density at radius 1 is 0.386 bits per heavy atom. The summed E-state index contributed by atoms with van der Waals surface area (Å²) in [7, 11) is 0. The largest absolute Gasteiger partial charge is 0.462 e. The van der Waals surface area contributed by atoms with E-state index in [2.05, 4.69) is 106 Å². The fourth-order valence-electron chi connectivity index (χ4n) is 5.76. The van der Waals surface area contributed by atoms with Crippen molar-refractivity contribution < 1.29 is 28.6 Å². The zero-order chi connectivity index (χ0) is 41.5. The van der Waals surface area contributed by atoms with Gasteiger partial charge in [-0.2, -0.15) is 0 Å². The predicted octanol–water partition coefficient (Wildman–Crippen LogP) is 14.6. The highest BCUT2D eigenvalue weighted by molar-refractivity contribution is 5.72. The lowest BCUT2D eigenvalue weighted by Crippen LogP contribution is -2.30. The fourth-order valence-corrected chi connectivity index (χ4v) is 5.76. The first-order valence-corrected chi connectivity index (χ1v) is 22.7. The standard InChI is InChI=1S/C51H82O6/c1-4-7-10-13-16-19-21-23-25-27-29-32-35-38-41-44-50(53)56-47-48(46-55-49(52)43-40-37-34-31-18-15-12-9-6-3)57-51(54)45-42-39-36-33-30-28-26-24-22-20-17-14-11-8-5-2/h7-8,10-11,16-17,19-20,23-26,29,32,38,41,48H,4-6,9,12-15,18,21-22,27-28,30-31,33-37,39-40,42-47H2,1-3H3/b10-7-,11-8-,19-16-,20-17-,25-23-,26-24-,32-29-,41-38-. The van der Waals surface area contributed by atoms with Gasteiger partial charge in [-0.15, -0.1) is 0 Å². The van der Waals surface area contributed by atoms with Crippen LogP contribution >= 0.6 is 0 Å². The minimum Gasteiger partial charge on any atom is -0.462 e. The predicted molar refractivity (Wildman–Crippen MR) is 242 cm³/mol. The van der Waals surface area contributed by atoms with Gasteiger partial charge in [-0.25, -0.2) is 0 Å². The first-order chi connectivity index (χ1) is 28.0. The molecule has 0 aromatic carbocycles. The van der Waals surface area contributed by atoms with Gasteiger partial charge in [0.2, 0.25) is 0 Å². The molecule has 0 radical (unpaired) electrons. The summed E-state index contributed by atoms with van der Waals surface area (Å²) in [6.07, 6.45) is 58.4. The van der Waals surface area contributed by atoms with E-state index in [0.717, 1.165) is 109 Å².